The summed E-state index contributed by atoms with van der Waals surface area (Å²) in [5, 5.41) is 2.53. The van der Waals surface area contributed by atoms with Crippen LogP contribution in [0.15, 0.2) is 23.1 Å². The number of nitrogens with one attached hydrogen (secondary N) is 1. The van der Waals surface area contributed by atoms with Gasteiger partial charge < -0.3 is 14.8 Å². The van der Waals surface area contributed by atoms with Crippen molar-refractivity contribution in [3.63, 3.8) is 0 Å². The van der Waals surface area contributed by atoms with E-state index in [4.69, 9.17) is 21.1 Å². The fraction of sp³-hybridized carbons (Fsp3) is 0.467. The number of halogens is 1. The van der Waals surface area contributed by atoms with Gasteiger partial charge in [0.15, 0.2) is 6.61 Å². The van der Waals surface area contributed by atoms with Gasteiger partial charge in [-0.25, -0.2) is 13.2 Å². The van der Waals surface area contributed by atoms with Gasteiger partial charge in [0.2, 0.25) is 10.0 Å². The molecule has 0 spiro atoms. The van der Waals surface area contributed by atoms with Crippen LogP contribution >= 0.6 is 11.6 Å². The fourth-order valence-corrected chi connectivity index (χ4v) is 3.84. The topological polar surface area (TPSA) is 102 Å². The predicted molar refractivity (Wildman–Crippen MR) is 90.0 cm³/mol. The van der Waals surface area contributed by atoms with E-state index in [2.05, 4.69) is 5.32 Å². The maximum atomic E-state index is 12.6. The van der Waals surface area contributed by atoms with Gasteiger partial charge in [-0.2, -0.15) is 4.31 Å². The summed E-state index contributed by atoms with van der Waals surface area (Å²) in [5.74, 6) is -1.32. The van der Waals surface area contributed by atoms with E-state index in [-0.39, 0.29) is 28.6 Å². The number of benzene rings is 1. The number of hydrogen-bond donors (Lipinski definition) is 1. The summed E-state index contributed by atoms with van der Waals surface area (Å²) in [6.07, 6.45) is 0. The largest absolute Gasteiger partial charge is 0.452 e. The van der Waals surface area contributed by atoms with Gasteiger partial charge in [0.1, 0.15) is 0 Å². The number of amides is 1. The SMILES string of the molecule is CCNC(=O)COC(=O)c1cc(S(=O)(=O)N2CCOCC2)ccc1Cl. The lowest BCUT2D eigenvalue weighted by molar-refractivity contribution is -0.124. The molecule has 1 aliphatic heterocycles. The van der Waals surface area contributed by atoms with Crippen molar-refractivity contribution in [2.45, 2.75) is 11.8 Å². The third kappa shape index (κ3) is 4.91. The van der Waals surface area contributed by atoms with Gasteiger partial charge in [0.05, 0.1) is 28.7 Å². The molecule has 0 radical (unpaired) electrons. The molecule has 2 rings (SSSR count). The number of rotatable bonds is 6. The molecule has 0 unspecified atom stereocenters. The zero-order chi connectivity index (χ0) is 18.4. The normalized spacial score (nSPS) is 15.6. The van der Waals surface area contributed by atoms with Crippen LogP contribution in [0.5, 0.6) is 0 Å². The Morgan fingerprint density at radius 2 is 2.00 bits per heavy atom. The molecular weight excluding hydrogens is 372 g/mol. The molecule has 1 aliphatic rings. The first-order valence-electron chi connectivity index (χ1n) is 7.67. The van der Waals surface area contributed by atoms with E-state index in [0.717, 1.165) is 6.07 Å². The number of carbonyl (C=O) groups is 2. The molecule has 1 saturated heterocycles. The molecule has 0 aromatic heterocycles. The number of carbonyl (C=O) groups excluding carboxylic acids is 2. The van der Waals surface area contributed by atoms with Gasteiger partial charge in [-0.15, -0.1) is 0 Å². The molecule has 25 heavy (non-hydrogen) atoms. The van der Waals surface area contributed by atoms with Crippen LogP contribution in [0, 0.1) is 0 Å². The third-order valence-electron chi connectivity index (χ3n) is 3.47. The van der Waals surface area contributed by atoms with Crippen molar-refractivity contribution >= 4 is 33.5 Å². The van der Waals surface area contributed by atoms with Crippen molar-refractivity contribution in [3.05, 3.63) is 28.8 Å². The minimum absolute atomic E-state index is 0.0434. The highest BCUT2D eigenvalue weighted by Gasteiger charge is 2.28. The second kappa shape index (κ2) is 8.61. The van der Waals surface area contributed by atoms with Crippen LogP contribution in [0.25, 0.3) is 0 Å². The van der Waals surface area contributed by atoms with Crippen LogP contribution in [0.3, 0.4) is 0 Å². The summed E-state index contributed by atoms with van der Waals surface area (Å²) in [6, 6.07) is 3.80. The molecule has 0 bridgehead atoms. The zero-order valence-electron chi connectivity index (χ0n) is 13.7. The Morgan fingerprint density at radius 3 is 2.64 bits per heavy atom. The zero-order valence-corrected chi connectivity index (χ0v) is 15.2. The first-order valence-corrected chi connectivity index (χ1v) is 9.49. The Bertz CT molecular complexity index is 746. The van der Waals surface area contributed by atoms with Crippen molar-refractivity contribution in [2.75, 3.05) is 39.5 Å². The molecular formula is C15H19ClN2O6S. The number of hydrogen-bond acceptors (Lipinski definition) is 6. The lowest BCUT2D eigenvalue weighted by atomic mass is 10.2. The number of ether oxygens (including phenoxy) is 2. The Kier molecular flexibility index (Phi) is 6.77. The van der Waals surface area contributed by atoms with E-state index in [9.17, 15) is 18.0 Å². The van der Waals surface area contributed by atoms with Gasteiger partial charge in [0, 0.05) is 19.6 Å². The van der Waals surface area contributed by atoms with E-state index in [0.29, 0.717) is 19.8 Å². The molecule has 0 aliphatic carbocycles. The fourth-order valence-electron chi connectivity index (χ4n) is 2.21. The van der Waals surface area contributed by atoms with Gasteiger partial charge >= 0.3 is 5.97 Å². The van der Waals surface area contributed by atoms with Crippen LogP contribution in [0.4, 0.5) is 0 Å². The monoisotopic (exact) mass is 390 g/mol. The molecule has 1 amide bonds. The molecule has 8 nitrogen and oxygen atoms in total. The maximum absolute atomic E-state index is 12.6. The lowest BCUT2D eigenvalue weighted by Crippen LogP contribution is -2.40. The van der Waals surface area contributed by atoms with Crippen LogP contribution in [0.2, 0.25) is 5.02 Å². The molecule has 1 fully saturated rings. The van der Waals surface area contributed by atoms with Crippen molar-refractivity contribution < 1.29 is 27.5 Å². The summed E-state index contributed by atoms with van der Waals surface area (Å²) < 4.78 is 36.6. The number of likely N-dealkylation sites (N-methyl/N-ethyl adjacent to an activating group) is 1. The van der Waals surface area contributed by atoms with E-state index in [1.807, 2.05) is 0 Å². The highest BCUT2D eigenvalue weighted by molar-refractivity contribution is 7.89. The Hall–Kier alpha value is -1.68. The molecule has 0 atom stereocenters. The minimum atomic E-state index is -3.77. The van der Waals surface area contributed by atoms with E-state index in [1.165, 1.54) is 16.4 Å². The second-order valence-corrected chi connectivity index (χ2v) is 7.53. The maximum Gasteiger partial charge on any atom is 0.340 e. The molecule has 138 valence electrons. The van der Waals surface area contributed by atoms with Crippen molar-refractivity contribution in [3.8, 4) is 0 Å². The first kappa shape index (κ1) is 19.6. The van der Waals surface area contributed by atoms with Crippen molar-refractivity contribution in [1.29, 1.82) is 0 Å². The average Bonchev–Trinajstić information content (AvgIpc) is 2.61. The van der Waals surface area contributed by atoms with Crippen molar-refractivity contribution in [1.82, 2.24) is 9.62 Å². The highest BCUT2D eigenvalue weighted by atomic mass is 35.5. The molecule has 10 heteroatoms. The minimum Gasteiger partial charge on any atom is -0.452 e. The summed E-state index contributed by atoms with van der Waals surface area (Å²) in [4.78, 5) is 23.4. The third-order valence-corrected chi connectivity index (χ3v) is 5.70. The van der Waals surface area contributed by atoms with Crippen LogP contribution in [-0.2, 0) is 24.3 Å². The summed E-state index contributed by atoms with van der Waals surface area (Å²) in [7, 11) is -3.77. The van der Waals surface area contributed by atoms with Gasteiger partial charge in [0.25, 0.3) is 5.91 Å². The van der Waals surface area contributed by atoms with E-state index in [1.54, 1.807) is 6.92 Å². The Labute approximate surface area is 151 Å². The smallest absolute Gasteiger partial charge is 0.340 e. The molecule has 1 heterocycles. The van der Waals surface area contributed by atoms with Gasteiger partial charge in [-0.05, 0) is 25.1 Å². The number of esters is 1. The van der Waals surface area contributed by atoms with Crippen LogP contribution in [0.1, 0.15) is 17.3 Å². The molecule has 1 N–H and O–H groups in total. The number of morpholine rings is 1. The molecule has 1 aromatic rings. The van der Waals surface area contributed by atoms with Gasteiger partial charge in [-0.1, -0.05) is 11.6 Å². The lowest BCUT2D eigenvalue weighted by Gasteiger charge is -2.26. The predicted octanol–water partition coefficient (Wildman–Crippen LogP) is 0.654. The Balaban J connectivity index is 2.19. The standard InChI is InChI=1S/C15H19ClN2O6S/c1-2-17-14(19)10-24-15(20)12-9-11(3-4-13(12)16)25(21,22)18-5-7-23-8-6-18/h3-4,9H,2,5-8,10H2,1H3,(H,17,19). The summed E-state index contributed by atoms with van der Waals surface area (Å²) >= 11 is 5.97. The average molecular weight is 391 g/mol. The number of sulfonamides is 1. The Morgan fingerprint density at radius 1 is 1.32 bits per heavy atom. The van der Waals surface area contributed by atoms with Crippen LogP contribution < -0.4 is 5.32 Å². The van der Waals surface area contributed by atoms with Gasteiger partial charge in [-0.3, -0.25) is 4.79 Å². The van der Waals surface area contributed by atoms with Crippen LogP contribution in [-0.4, -0.2) is 64.1 Å². The van der Waals surface area contributed by atoms with Crippen molar-refractivity contribution in [2.24, 2.45) is 0 Å². The summed E-state index contributed by atoms with van der Waals surface area (Å²) in [6.45, 7) is 2.77. The second-order valence-electron chi connectivity index (χ2n) is 5.19. The van der Waals surface area contributed by atoms with E-state index < -0.39 is 28.5 Å². The summed E-state index contributed by atoms with van der Waals surface area (Å²) in [5.41, 5.74) is -0.111. The first-order chi connectivity index (χ1) is 11.9. The highest BCUT2D eigenvalue weighted by Crippen LogP contribution is 2.24. The van der Waals surface area contributed by atoms with E-state index >= 15 is 0 Å². The number of nitrogens with zero attached hydrogens (tertiary/aromatic N) is 1. The molecule has 0 saturated carbocycles. The molecule has 1 aromatic carbocycles. The quantitative estimate of drug-likeness (QED) is 0.716.